The predicted molar refractivity (Wildman–Crippen MR) is 168 cm³/mol. The third kappa shape index (κ3) is 7.13. The summed E-state index contributed by atoms with van der Waals surface area (Å²) in [6.07, 6.45) is 6.55. The van der Waals surface area contributed by atoms with Gasteiger partial charge in [0, 0.05) is 30.6 Å². The van der Waals surface area contributed by atoms with E-state index in [1.807, 2.05) is 12.1 Å². The number of sulfone groups is 1. The molecule has 2 unspecified atom stereocenters. The van der Waals surface area contributed by atoms with Crippen molar-refractivity contribution in [1.29, 1.82) is 5.26 Å². The number of nitrogens with one attached hydrogen (secondary N) is 1. The van der Waals surface area contributed by atoms with E-state index in [4.69, 9.17) is 4.74 Å². The van der Waals surface area contributed by atoms with Gasteiger partial charge < -0.3 is 14.7 Å². The van der Waals surface area contributed by atoms with Crippen molar-refractivity contribution in [3.8, 4) is 6.07 Å². The molecule has 3 fully saturated rings. The van der Waals surface area contributed by atoms with Gasteiger partial charge in [-0.3, -0.25) is 5.32 Å². The minimum Gasteiger partial charge on any atom is -0.376 e. The van der Waals surface area contributed by atoms with Crippen molar-refractivity contribution in [2.45, 2.75) is 87.0 Å². The van der Waals surface area contributed by atoms with Crippen LogP contribution >= 0.6 is 0 Å². The zero-order chi connectivity index (χ0) is 30.0. The van der Waals surface area contributed by atoms with Crippen LogP contribution in [0, 0.1) is 11.3 Å². The van der Waals surface area contributed by atoms with Crippen LogP contribution in [0.2, 0.25) is 0 Å². The summed E-state index contributed by atoms with van der Waals surface area (Å²) < 4.78 is 30.5. The Morgan fingerprint density at radius 3 is 2.09 bits per heavy atom. The molecule has 0 aromatic heterocycles. The van der Waals surface area contributed by atoms with Crippen molar-refractivity contribution in [2.75, 3.05) is 23.8 Å². The number of benzene rings is 3. The van der Waals surface area contributed by atoms with Gasteiger partial charge in [0.15, 0.2) is 9.84 Å². The fraction of sp³-hybridized carbons (Fsp3) is 0.457. The Morgan fingerprint density at radius 1 is 0.930 bits per heavy atom. The van der Waals surface area contributed by atoms with Crippen molar-refractivity contribution < 1.29 is 18.3 Å². The average molecular weight is 600 g/mol. The molecular weight excluding hydrogens is 558 g/mol. The molecule has 2 N–H and O–H groups in total. The van der Waals surface area contributed by atoms with Gasteiger partial charge in [0.25, 0.3) is 0 Å². The standard InChI is InChI=1S/C35H41N3O4S/c1-2-43(40,41)33-15-11-26(12-16-33)34(17-18-36)37-35(39)27-9-13-30(14-10-27)38(23-32-4-3-19-42-32)31-21-28(24-5-6-24)20-29(22-31)25-7-8-25/h9-16,20-22,24-25,32,34-35,37,39H,2-8,17,19,23H2,1H3/t32?,34-,35?/m0/s1. The van der Waals surface area contributed by atoms with Gasteiger partial charge in [0.1, 0.15) is 6.23 Å². The van der Waals surface area contributed by atoms with E-state index in [0.717, 1.165) is 37.2 Å². The Kier molecular flexibility index (Phi) is 8.88. The summed E-state index contributed by atoms with van der Waals surface area (Å²) in [5.74, 6) is 1.39. The maximum atomic E-state index is 12.2. The molecule has 0 radical (unpaired) electrons. The number of nitrogens with zero attached hydrogens (tertiary/aromatic N) is 2. The van der Waals surface area contributed by atoms with Crippen LogP contribution in [-0.4, -0.2) is 38.5 Å². The summed E-state index contributed by atoms with van der Waals surface area (Å²) >= 11 is 0. The first kappa shape index (κ1) is 29.8. The molecular formula is C35H41N3O4S. The van der Waals surface area contributed by atoms with E-state index >= 15 is 0 Å². The third-order valence-corrected chi connectivity index (χ3v) is 10.7. The highest BCUT2D eigenvalue weighted by atomic mass is 32.2. The Balaban J connectivity index is 1.22. The van der Waals surface area contributed by atoms with Gasteiger partial charge in [-0.1, -0.05) is 37.3 Å². The van der Waals surface area contributed by atoms with Crippen LogP contribution < -0.4 is 10.2 Å². The second kappa shape index (κ2) is 12.8. The normalized spacial score (nSPS) is 20.0. The molecule has 3 aromatic rings. The molecule has 2 aliphatic carbocycles. The molecule has 7 nitrogen and oxygen atoms in total. The number of anilines is 2. The zero-order valence-corrected chi connectivity index (χ0v) is 25.6. The van der Waals surface area contributed by atoms with Gasteiger partial charge in [-0.05, 0) is 109 Å². The van der Waals surface area contributed by atoms with E-state index in [2.05, 4.69) is 46.6 Å². The summed E-state index contributed by atoms with van der Waals surface area (Å²) in [7, 11) is -3.31. The first-order chi connectivity index (χ1) is 20.8. The topological polar surface area (TPSA) is 103 Å². The number of rotatable bonds is 13. The van der Waals surface area contributed by atoms with Crippen LogP contribution in [0.25, 0.3) is 0 Å². The summed E-state index contributed by atoms with van der Waals surface area (Å²) in [6, 6.07) is 23.4. The van der Waals surface area contributed by atoms with Crippen molar-refractivity contribution in [3.63, 3.8) is 0 Å². The van der Waals surface area contributed by atoms with E-state index in [9.17, 15) is 18.8 Å². The lowest BCUT2D eigenvalue weighted by Gasteiger charge is -2.29. The monoisotopic (exact) mass is 599 g/mol. The number of hydrogen-bond donors (Lipinski definition) is 2. The van der Waals surface area contributed by atoms with Gasteiger partial charge in [-0.15, -0.1) is 0 Å². The fourth-order valence-electron chi connectivity index (χ4n) is 6.03. The Hall–Kier alpha value is -3.22. The Bertz CT molecular complexity index is 1520. The highest BCUT2D eigenvalue weighted by molar-refractivity contribution is 7.91. The molecule has 3 aliphatic rings. The molecule has 2 saturated carbocycles. The van der Waals surface area contributed by atoms with Gasteiger partial charge in [-0.2, -0.15) is 5.26 Å². The summed E-state index contributed by atoms with van der Waals surface area (Å²) in [4.78, 5) is 2.63. The number of aliphatic hydroxyl groups is 1. The van der Waals surface area contributed by atoms with Crippen LogP contribution in [0.4, 0.5) is 11.4 Å². The van der Waals surface area contributed by atoms with E-state index in [0.29, 0.717) is 17.4 Å². The summed E-state index contributed by atoms with van der Waals surface area (Å²) in [6.45, 7) is 3.21. The lowest BCUT2D eigenvalue weighted by atomic mass is 10.0. The maximum absolute atomic E-state index is 12.2. The highest BCUT2D eigenvalue weighted by Crippen LogP contribution is 2.47. The molecule has 1 saturated heterocycles. The predicted octanol–water partition coefficient (Wildman–Crippen LogP) is 6.79. The lowest BCUT2D eigenvalue weighted by molar-refractivity contribution is 0.117. The number of ether oxygens (including phenoxy) is 1. The number of aliphatic hydroxyl groups excluding tert-OH is 1. The molecule has 3 atom stereocenters. The number of nitriles is 1. The maximum Gasteiger partial charge on any atom is 0.178 e. The van der Waals surface area contributed by atoms with Crippen LogP contribution in [0.15, 0.2) is 71.6 Å². The van der Waals surface area contributed by atoms with Gasteiger partial charge in [0.2, 0.25) is 0 Å². The van der Waals surface area contributed by atoms with E-state index in [1.165, 1.54) is 42.5 Å². The minimum absolute atomic E-state index is 0.0275. The molecule has 0 spiro atoms. The quantitative estimate of drug-likeness (QED) is 0.209. The third-order valence-electron chi connectivity index (χ3n) is 8.98. The van der Waals surface area contributed by atoms with Crippen molar-refractivity contribution >= 4 is 21.2 Å². The molecule has 3 aromatic carbocycles. The van der Waals surface area contributed by atoms with Crippen molar-refractivity contribution in [1.82, 2.24) is 5.32 Å². The Morgan fingerprint density at radius 2 is 1.56 bits per heavy atom. The van der Waals surface area contributed by atoms with E-state index in [1.54, 1.807) is 31.2 Å². The lowest BCUT2D eigenvalue weighted by Crippen LogP contribution is -2.29. The van der Waals surface area contributed by atoms with E-state index < -0.39 is 22.1 Å². The van der Waals surface area contributed by atoms with E-state index in [-0.39, 0.29) is 23.2 Å². The molecule has 1 aliphatic heterocycles. The molecule has 0 amide bonds. The van der Waals surface area contributed by atoms with Crippen molar-refractivity contribution in [3.05, 3.63) is 89.0 Å². The number of hydrogen-bond acceptors (Lipinski definition) is 7. The molecule has 226 valence electrons. The van der Waals surface area contributed by atoms with Crippen LogP contribution in [0.5, 0.6) is 0 Å². The summed E-state index contributed by atoms with van der Waals surface area (Å²) in [5.41, 5.74) is 6.63. The molecule has 1 heterocycles. The second-order valence-electron chi connectivity index (χ2n) is 12.2. The van der Waals surface area contributed by atoms with Gasteiger partial charge in [0.05, 0.1) is 29.2 Å². The zero-order valence-electron chi connectivity index (χ0n) is 24.8. The smallest absolute Gasteiger partial charge is 0.178 e. The highest BCUT2D eigenvalue weighted by Gasteiger charge is 2.30. The van der Waals surface area contributed by atoms with Crippen LogP contribution in [-0.2, 0) is 14.6 Å². The molecule has 0 bridgehead atoms. The van der Waals surface area contributed by atoms with Gasteiger partial charge >= 0.3 is 0 Å². The Labute approximate surface area is 255 Å². The summed E-state index contributed by atoms with van der Waals surface area (Å²) in [5, 5.41) is 23.8. The van der Waals surface area contributed by atoms with Crippen LogP contribution in [0.1, 0.15) is 98.2 Å². The first-order valence-electron chi connectivity index (χ1n) is 15.6. The molecule has 43 heavy (non-hydrogen) atoms. The van der Waals surface area contributed by atoms with Crippen molar-refractivity contribution in [2.24, 2.45) is 0 Å². The minimum atomic E-state index is -3.31. The largest absolute Gasteiger partial charge is 0.376 e. The van der Waals surface area contributed by atoms with Gasteiger partial charge in [-0.25, -0.2) is 8.42 Å². The molecule has 8 heteroatoms. The molecule has 6 rings (SSSR count). The SMILES string of the molecule is CCS(=O)(=O)c1ccc([C@H](CC#N)NC(O)c2ccc(N(CC3CCCO3)c3cc(C4CC4)cc(C4CC4)c3)cc2)cc1. The fourth-order valence-corrected chi connectivity index (χ4v) is 6.92. The second-order valence-corrected chi connectivity index (χ2v) is 14.5. The average Bonchev–Trinajstić information content (AvgIpc) is 3.98. The first-order valence-corrected chi connectivity index (χ1v) is 17.3. The van der Waals surface area contributed by atoms with Crippen LogP contribution in [0.3, 0.4) is 0 Å².